The molecule has 3 nitrogen and oxygen atoms in total. The zero-order valence-corrected chi connectivity index (χ0v) is 11.6. The predicted octanol–water partition coefficient (Wildman–Crippen LogP) is 2.65. The van der Waals surface area contributed by atoms with E-state index in [0.29, 0.717) is 0 Å². The first kappa shape index (κ1) is 15.1. The Morgan fingerprint density at radius 3 is 1.87 bits per heavy atom. The van der Waals surface area contributed by atoms with E-state index < -0.39 is 8.56 Å². The van der Waals surface area contributed by atoms with Gasteiger partial charge in [-0.2, -0.15) is 0 Å². The Morgan fingerprint density at radius 2 is 1.47 bits per heavy atom. The molecule has 0 saturated heterocycles. The van der Waals surface area contributed by atoms with Gasteiger partial charge in [-0.3, -0.25) is 0 Å². The van der Waals surface area contributed by atoms with Crippen molar-refractivity contribution >= 4 is 8.56 Å². The number of hydrogen-bond donors (Lipinski definition) is 1. The lowest BCUT2D eigenvalue weighted by Gasteiger charge is -2.30. The van der Waals surface area contributed by atoms with Crippen molar-refractivity contribution in [1.29, 1.82) is 0 Å². The summed E-state index contributed by atoms with van der Waals surface area (Å²) in [7, 11) is -1.92. The second-order valence-corrected chi connectivity index (χ2v) is 7.17. The molecule has 0 atom stereocenters. The second-order valence-electron chi connectivity index (χ2n) is 3.77. The lowest BCUT2D eigenvalue weighted by molar-refractivity contribution is 0.181. The molecule has 0 aromatic carbocycles. The zero-order valence-electron chi connectivity index (χ0n) is 10.6. The van der Waals surface area contributed by atoms with Gasteiger partial charge in [-0.15, -0.1) is 0 Å². The number of hydrogen-bond acceptors (Lipinski definition) is 3. The maximum Gasteiger partial charge on any atom is 0.338 e. The Balaban J connectivity index is 4.26. The Hall–Kier alpha value is 0.0969. The first-order valence-electron chi connectivity index (χ1n) is 6.22. The fraction of sp³-hybridized carbons (Fsp3) is 1.00. The van der Waals surface area contributed by atoms with Crippen molar-refractivity contribution in [2.45, 2.75) is 52.1 Å². The van der Waals surface area contributed by atoms with Gasteiger partial charge in [0.25, 0.3) is 0 Å². The summed E-state index contributed by atoms with van der Waals surface area (Å²) >= 11 is 0. The van der Waals surface area contributed by atoms with E-state index in [1.807, 2.05) is 0 Å². The lowest BCUT2D eigenvalue weighted by atomic mass is 10.4. The molecule has 2 N–H and O–H groups in total. The molecule has 0 aliphatic heterocycles. The molecule has 0 rings (SSSR count). The van der Waals surface area contributed by atoms with E-state index in [1.54, 1.807) is 0 Å². The smallest absolute Gasteiger partial charge is 0.338 e. The van der Waals surface area contributed by atoms with Crippen LogP contribution in [0.1, 0.15) is 40.0 Å². The molecule has 0 fully saturated rings. The van der Waals surface area contributed by atoms with Crippen molar-refractivity contribution in [1.82, 2.24) is 0 Å². The predicted molar refractivity (Wildman–Crippen MR) is 67.2 cm³/mol. The van der Waals surface area contributed by atoms with Gasteiger partial charge in [-0.25, -0.2) is 0 Å². The molecule has 0 amide bonds. The summed E-state index contributed by atoms with van der Waals surface area (Å²) in [5.41, 5.74) is 5.57. The summed E-state index contributed by atoms with van der Waals surface area (Å²) in [5.74, 6) is 0. The molecule has 0 saturated carbocycles. The van der Waals surface area contributed by atoms with Crippen LogP contribution in [0, 0.1) is 0 Å². The van der Waals surface area contributed by atoms with Crippen molar-refractivity contribution in [3.8, 4) is 0 Å². The summed E-state index contributed by atoms with van der Waals surface area (Å²) < 4.78 is 11.9. The molecule has 0 spiro atoms. The molecule has 0 unspecified atom stereocenters. The molecule has 15 heavy (non-hydrogen) atoms. The van der Waals surface area contributed by atoms with Crippen LogP contribution < -0.4 is 5.73 Å². The van der Waals surface area contributed by atoms with Crippen molar-refractivity contribution in [3.05, 3.63) is 0 Å². The normalized spacial score (nSPS) is 12.0. The minimum Gasteiger partial charge on any atom is -0.394 e. The van der Waals surface area contributed by atoms with Gasteiger partial charge in [0.2, 0.25) is 0 Å². The maximum atomic E-state index is 5.94. The molecule has 0 radical (unpaired) electrons. The molecule has 0 aromatic rings. The fourth-order valence-electron chi connectivity index (χ4n) is 1.80. The van der Waals surface area contributed by atoms with Crippen LogP contribution in [0.5, 0.6) is 0 Å². The van der Waals surface area contributed by atoms with E-state index >= 15 is 0 Å². The van der Waals surface area contributed by atoms with Gasteiger partial charge in [0.1, 0.15) is 0 Å². The Bertz CT molecular complexity index is 129. The molecule has 0 aromatic heterocycles. The SMILES string of the molecule is CCCC[Si](CCCN)(OCC)OCC. The lowest BCUT2D eigenvalue weighted by Crippen LogP contribution is -2.42. The largest absolute Gasteiger partial charge is 0.394 e. The van der Waals surface area contributed by atoms with Crippen LogP contribution >= 0.6 is 0 Å². The summed E-state index contributed by atoms with van der Waals surface area (Å²) in [6, 6.07) is 2.16. The first-order valence-corrected chi connectivity index (χ1v) is 8.45. The minimum atomic E-state index is -1.92. The number of nitrogens with two attached hydrogens (primary N) is 1. The van der Waals surface area contributed by atoms with Gasteiger partial charge < -0.3 is 14.6 Å². The van der Waals surface area contributed by atoms with Crippen LogP contribution in [0.25, 0.3) is 0 Å². The highest BCUT2D eigenvalue weighted by Crippen LogP contribution is 2.23. The Labute approximate surface area is 95.6 Å². The molecule has 92 valence electrons. The number of rotatable bonds is 10. The average Bonchev–Trinajstić information content (AvgIpc) is 2.24. The van der Waals surface area contributed by atoms with Gasteiger partial charge >= 0.3 is 8.56 Å². The summed E-state index contributed by atoms with van der Waals surface area (Å²) in [6.07, 6.45) is 3.43. The molecule has 4 heteroatoms. The maximum absolute atomic E-state index is 5.94. The van der Waals surface area contributed by atoms with Crippen LogP contribution in [0.4, 0.5) is 0 Å². The van der Waals surface area contributed by atoms with Gasteiger partial charge in [-0.05, 0) is 38.9 Å². The van der Waals surface area contributed by atoms with Crippen molar-refractivity contribution < 1.29 is 8.85 Å². The molecule has 0 bridgehead atoms. The summed E-state index contributed by atoms with van der Waals surface area (Å²) in [6.45, 7) is 8.58. The first-order chi connectivity index (χ1) is 7.24. The van der Waals surface area contributed by atoms with Crippen LogP contribution in [-0.4, -0.2) is 28.3 Å². The quantitative estimate of drug-likeness (QED) is 0.590. The van der Waals surface area contributed by atoms with E-state index in [9.17, 15) is 0 Å². The van der Waals surface area contributed by atoms with Crippen molar-refractivity contribution in [2.75, 3.05) is 19.8 Å². The second kappa shape index (κ2) is 9.33. The van der Waals surface area contributed by atoms with E-state index in [4.69, 9.17) is 14.6 Å². The topological polar surface area (TPSA) is 44.5 Å². The van der Waals surface area contributed by atoms with Crippen LogP contribution in [0.15, 0.2) is 0 Å². The Kier molecular flexibility index (Phi) is 9.39. The summed E-state index contributed by atoms with van der Waals surface area (Å²) in [5, 5.41) is 0. The van der Waals surface area contributed by atoms with Crippen molar-refractivity contribution in [3.63, 3.8) is 0 Å². The third-order valence-corrected chi connectivity index (χ3v) is 6.35. The van der Waals surface area contributed by atoms with Gasteiger partial charge in [0.15, 0.2) is 0 Å². The molecule has 0 aliphatic carbocycles. The van der Waals surface area contributed by atoms with E-state index in [1.165, 1.54) is 12.8 Å². The molecule has 0 heterocycles. The molecule has 0 aliphatic rings. The zero-order chi connectivity index (χ0) is 11.6. The van der Waals surface area contributed by atoms with Gasteiger partial charge in [0, 0.05) is 13.2 Å². The summed E-state index contributed by atoms with van der Waals surface area (Å²) in [4.78, 5) is 0. The van der Waals surface area contributed by atoms with E-state index in [0.717, 1.165) is 38.3 Å². The average molecular weight is 233 g/mol. The minimum absolute atomic E-state index is 0.737. The molecular weight excluding hydrogens is 206 g/mol. The Morgan fingerprint density at radius 1 is 0.933 bits per heavy atom. The highest BCUT2D eigenvalue weighted by molar-refractivity contribution is 6.67. The fourth-order valence-corrected chi connectivity index (χ4v) is 5.40. The third kappa shape index (κ3) is 6.30. The van der Waals surface area contributed by atoms with Crippen molar-refractivity contribution in [2.24, 2.45) is 5.73 Å². The van der Waals surface area contributed by atoms with Crippen LogP contribution in [0.3, 0.4) is 0 Å². The highest BCUT2D eigenvalue weighted by Gasteiger charge is 2.35. The van der Waals surface area contributed by atoms with Crippen LogP contribution in [-0.2, 0) is 8.85 Å². The third-order valence-electron chi connectivity index (χ3n) is 2.49. The van der Waals surface area contributed by atoms with Gasteiger partial charge in [0.05, 0.1) is 0 Å². The van der Waals surface area contributed by atoms with Gasteiger partial charge in [-0.1, -0.05) is 19.8 Å². The van der Waals surface area contributed by atoms with Crippen LogP contribution in [0.2, 0.25) is 12.1 Å². The van der Waals surface area contributed by atoms with E-state index in [-0.39, 0.29) is 0 Å². The highest BCUT2D eigenvalue weighted by atomic mass is 28.4. The van der Waals surface area contributed by atoms with E-state index in [2.05, 4.69) is 20.8 Å². The standard InChI is InChI=1S/C11H27NO2Si/c1-4-7-10-15(13-5-2,14-6-3)11-8-9-12/h4-12H2,1-3H3. The monoisotopic (exact) mass is 233 g/mol. The number of unbranched alkanes of at least 4 members (excludes halogenated alkanes) is 1. The molecular formula is C11H27NO2Si.